The molecular weight excluding hydrogens is 344 g/mol. The Balaban J connectivity index is 1.94. The van der Waals surface area contributed by atoms with Crippen LogP contribution in [0.4, 0.5) is 0 Å². The highest BCUT2D eigenvalue weighted by Crippen LogP contribution is 2.44. The van der Waals surface area contributed by atoms with E-state index >= 15 is 0 Å². The van der Waals surface area contributed by atoms with Crippen molar-refractivity contribution in [2.75, 3.05) is 7.11 Å². The van der Waals surface area contributed by atoms with Crippen LogP contribution in [0, 0.1) is 11.3 Å². The van der Waals surface area contributed by atoms with Crippen LogP contribution >= 0.6 is 0 Å². The molecule has 0 amide bonds. The van der Waals surface area contributed by atoms with E-state index in [1.807, 2.05) is 6.07 Å². The van der Waals surface area contributed by atoms with Crippen molar-refractivity contribution in [1.82, 2.24) is 0 Å². The summed E-state index contributed by atoms with van der Waals surface area (Å²) in [7, 11) is 1.54. The third-order valence-corrected chi connectivity index (χ3v) is 4.74. The molecule has 0 radical (unpaired) electrons. The molecule has 0 bridgehead atoms. The summed E-state index contributed by atoms with van der Waals surface area (Å²) in [6.45, 7) is 0. The van der Waals surface area contributed by atoms with E-state index in [4.69, 9.17) is 15.2 Å². The molecule has 2 aromatic rings. The normalized spacial score (nSPS) is 18.4. The second-order valence-corrected chi connectivity index (χ2v) is 6.14. The zero-order chi connectivity index (χ0) is 19.1. The van der Waals surface area contributed by atoms with Crippen LogP contribution < -0.4 is 10.5 Å². The van der Waals surface area contributed by atoms with Crippen molar-refractivity contribution in [3.63, 3.8) is 0 Å². The molecule has 1 aliphatic carbocycles. The molecule has 1 atom stereocenters. The second-order valence-electron chi connectivity index (χ2n) is 6.14. The van der Waals surface area contributed by atoms with Crippen molar-refractivity contribution in [2.45, 2.75) is 5.92 Å². The number of rotatable bonds is 2. The second kappa shape index (κ2) is 6.15. The number of nitrogens with two attached hydrogens (primary N) is 1. The summed E-state index contributed by atoms with van der Waals surface area (Å²) in [5.74, 6) is -1.20. The maximum Gasteiger partial charge on any atom is 0.229 e. The highest BCUT2D eigenvalue weighted by atomic mass is 16.5. The van der Waals surface area contributed by atoms with Gasteiger partial charge in [-0.1, -0.05) is 36.4 Å². The summed E-state index contributed by atoms with van der Waals surface area (Å²) >= 11 is 0. The first kappa shape index (κ1) is 16.6. The van der Waals surface area contributed by atoms with E-state index in [9.17, 15) is 14.9 Å². The highest BCUT2D eigenvalue weighted by Gasteiger charge is 2.43. The fraction of sp³-hybridized carbons (Fsp3) is 0.0952. The molecule has 0 saturated heterocycles. The molecular formula is C21H14N2O4. The van der Waals surface area contributed by atoms with Crippen molar-refractivity contribution < 1.29 is 19.1 Å². The van der Waals surface area contributed by atoms with Crippen LogP contribution in [-0.2, 0) is 4.74 Å². The number of methoxy groups -OCH3 is 1. The first-order valence-electron chi connectivity index (χ1n) is 8.21. The average molecular weight is 358 g/mol. The van der Waals surface area contributed by atoms with Gasteiger partial charge in [-0.25, -0.2) is 0 Å². The number of allylic oxidation sites excluding steroid dienone is 3. The topological polar surface area (TPSA) is 102 Å². The van der Waals surface area contributed by atoms with Crippen molar-refractivity contribution >= 4 is 11.6 Å². The first-order valence-corrected chi connectivity index (χ1v) is 8.21. The van der Waals surface area contributed by atoms with Gasteiger partial charge in [0.1, 0.15) is 17.4 Å². The fourth-order valence-corrected chi connectivity index (χ4v) is 3.44. The summed E-state index contributed by atoms with van der Waals surface area (Å²) in [6, 6.07) is 15.5. The van der Waals surface area contributed by atoms with Crippen molar-refractivity contribution in [3.05, 3.63) is 88.0 Å². The van der Waals surface area contributed by atoms with Gasteiger partial charge in [-0.15, -0.1) is 0 Å². The number of carbonyl (C=O) groups excluding carboxylic acids is 2. The van der Waals surface area contributed by atoms with E-state index in [0.717, 1.165) is 0 Å². The summed E-state index contributed by atoms with van der Waals surface area (Å²) in [4.78, 5) is 26.1. The van der Waals surface area contributed by atoms with Crippen LogP contribution in [-0.4, -0.2) is 18.7 Å². The number of nitrogens with zero attached hydrogens (tertiary/aromatic N) is 1. The van der Waals surface area contributed by atoms with Gasteiger partial charge < -0.3 is 15.2 Å². The quantitative estimate of drug-likeness (QED) is 0.885. The van der Waals surface area contributed by atoms with E-state index in [2.05, 4.69) is 0 Å². The third-order valence-electron chi connectivity index (χ3n) is 4.74. The zero-order valence-corrected chi connectivity index (χ0v) is 14.4. The van der Waals surface area contributed by atoms with E-state index in [1.165, 1.54) is 0 Å². The molecule has 2 N–H and O–H groups in total. The molecule has 2 aliphatic rings. The molecule has 2 aromatic carbocycles. The van der Waals surface area contributed by atoms with Gasteiger partial charge >= 0.3 is 0 Å². The molecule has 4 rings (SSSR count). The van der Waals surface area contributed by atoms with Crippen molar-refractivity contribution in [3.8, 4) is 11.8 Å². The highest BCUT2D eigenvalue weighted by molar-refractivity contribution is 6.27. The Morgan fingerprint density at radius 3 is 2.26 bits per heavy atom. The third kappa shape index (κ3) is 2.41. The summed E-state index contributed by atoms with van der Waals surface area (Å²) in [5, 5.41) is 9.62. The molecule has 0 spiro atoms. The summed E-state index contributed by atoms with van der Waals surface area (Å²) in [5.41, 5.74) is 7.36. The van der Waals surface area contributed by atoms with Gasteiger partial charge in [0.25, 0.3) is 0 Å². The first-order chi connectivity index (χ1) is 13.1. The van der Waals surface area contributed by atoms with E-state index < -0.39 is 11.7 Å². The minimum atomic E-state index is -0.783. The number of ketones is 2. The molecule has 0 saturated carbocycles. The van der Waals surface area contributed by atoms with E-state index in [-0.39, 0.29) is 34.1 Å². The van der Waals surface area contributed by atoms with E-state index in [0.29, 0.717) is 16.9 Å². The molecule has 132 valence electrons. The minimum Gasteiger partial charge on any atom is -0.497 e. The Bertz CT molecular complexity index is 1090. The Labute approximate surface area is 155 Å². The lowest BCUT2D eigenvalue weighted by Crippen LogP contribution is -2.32. The maximum absolute atomic E-state index is 13.2. The predicted octanol–water partition coefficient (Wildman–Crippen LogP) is 2.84. The SMILES string of the molecule is COc1ccc([C@@H]2C(C#N)=C(N)OC3=C2C(=O)c2ccccc2C3=O)cc1. The number of nitriles is 1. The molecule has 1 aliphatic heterocycles. The average Bonchev–Trinajstić information content (AvgIpc) is 2.71. The summed E-state index contributed by atoms with van der Waals surface area (Å²) < 4.78 is 10.6. The van der Waals surface area contributed by atoms with Crippen molar-refractivity contribution in [2.24, 2.45) is 5.73 Å². The molecule has 1 heterocycles. The number of fused-ring (bicyclic) bond motifs is 1. The molecule has 0 fully saturated rings. The smallest absolute Gasteiger partial charge is 0.229 e. The predicted molar refractivity (Wildman–Crippen MR) is 95.8 cm³/mol. The lowest BCUT2D eigenvalue weighted by atomic mass is 9.75. The summed E-state index contributed by atoms with van der Waals surface area (Å²) in [6.07, 6.45) is 0. The van der Waals surface area contributed by atoms with Gasteiger partial charge in [-0.2, -0.15) is 5.26 Å². The minimum absolute atomic E-state index is 0.0967. The molecule has 6 heteroatoms. The van der Waals surface area contributed by atoms with Gasteiger partial charge in [0.15, 0.2) is 11.5 Å². The van der Waals surface area contributed by atoms with Gasteiger partial charge in [0, 0.05) is 11.1 Å². The van der Waals surface area contributed by atoms with Gasteiger partial charge in [-0.05, 0) is 17.7 Å². The Morgan fingerprint density at radius 1 is 1.04 bits per heavy atom. The Morgan fingerprint density at radius 2 is 1.67 bits per heavy atom. The van der Waals surface area contributed by atoms with Crippen LogP contribution in [0.2, 0.25) is 0 Å². The Kier molecular flexibility index (Phi) is 3.78. The van der Waals surface area contributed by atoms with Crippen LogP contribution in [0.5, 0.6) is 5.75 Å². The van der Waals surface area contributed by atoms with Gasteiger partial charge in [0.05, 0.1) is 18.6 Å². The number of ether oxygens (including phenoxy) is 2. The van der Waals surface area contributed by atoms with Crippen LogP contribution in [0.25, 0.3) is 0 Å². The lowest BCUT2D eigenvalue weighted by Gasteiger charge is -2.30. The zero-order valence-electron chi connectivity index (χ0n) is 14.4. The number of benzene rings is 2. The largest absolute Gasteiger partial charge is 0.497 e. The van der Waals surface area contributed by atoms with Gasteiger partial charge in [-0.3, -0.25) is 9.59 Å². The molecule has 27 heavy (non-hydrogen) atoms. The maximum atomic E-state index is 13.2. The van der Waals surface area contributed by atoms with Crippen LogP contribution in [0.3, 0.4) is 0 Å². The molecule has 6 nitrogen and oxygen atoms in total. The molecule has 0 unspecified atom stereocenters. The molecule has 0 aromatic heterocycles. The standard InChI is InChI=1S/C21H14N2O4/c1-26-12-8-6-11(7-9-12)16-15(10-22)21(23)27-20-17(16)18(24)13-4-2-3-5-14(13)19(20)25/h2-9,16H,23H2,1H3/t16-/m1/s1. The number of carbonyl (C=O) groups is 2. The van der Waals surface area contributed by atoms with Crippen LogP contribution in [0.1, 0.15) is 32.2 Å². The fourth-order valence-electron chi connectivity index (χ4n) is 3.44. The van der Waals surface area contributed by atoms with Crippen molar-refractivity contribution in [1.29, 1.82) is 5.26 Å². The lowest BCUT2D eigenvalue weighted by molar-refractivity contribution is 0.0897. The Hall–Kier alpha value is -3.85. The van der Waals surface area contributed by atoms with Crippen LogP contribution in [0.15, 0.2) is 71.3 Å². The van der Waals surface area contributed by atoms with E-state index in [1.54, 1.807) is 55.6 Å². The van der Waals surface area contributed by atoms with Gasteiger partial charge in [0.2, 0.25) is 11.7 Å². The number of hydrogen-bond donors (Lipinski definition) is 1. The number of hydrogen-bond acceptors (Lipinski definition) is 6. The number of Topliss-reactive ketones (excluding diaryl/α,β-unsaturated/α-hetero) is 2. The monoisotopic (exact) mass is 358 g/mol.